The van der Waals surface area contributed by atoms with Crippen molar-refractivity contribution in [3.8, 4) is 6.07 Å². The van der Waals surface area contributed by atoms with Crippen molar-refractivity contribution in [1.29, 1.82) is 5.26 Å². The van der Waals surface area contributed by atoms with Gasteiger partial charge in [0, 0.05) is 27.3 Å². The highest BCUT2D eigenvalue weighted by atomic mass is 32.1. The number of hydrogen-bond acceptors (Lipinski definition) is 7. The summed E-state index contributed by atoms with van der Waals surface area (Å²) in [7, 11) is 5.01. The number of allylic oxidation sites excluding steroid dienone is 1. The summed E-state index contributed by atoms with van der Waals surface area (Å²) in [4.78, 5) is 31.9. The molecule has 1 heterocycles. The number of unbranched alkanes of at least 4 members (excludes halogenated alkanes) is 1. The predicted octanol–water partition coefficient (Wildman–Crippen LogP) is 2.98. The molecule has 0 spiro atoms. The third-order valence-electron chi connectivity index (χ3n) is 3.03. The van der Waals surface area contributed by atoms with E-state index in [0.29, 0.717) is 22.3 Å². The molecule has 1 aromatic rings. The fourth-order valence-corrected chi connectivity index (χ4v) is 2.71. The van der Waals surface area contributed by atoms with Crippen LogP contribution in [0.25, 0.3) is 0 Å². The molecule has 0 atom stereocenters. The molecule has 0 aliphatic carbocycles. The van der Waals surface area contributed by atoms with Gasteiger partial charge in [0.1, 0.15) is 16.5 Å². The Bertz CT molecular complexity index is 673. The van der Waals surface area contributed by atoms with Gasteiger partial charge in [-0.2, -0.15) is 5.26 Å². The van der Waals surface area contributed by atoms with Crippen molar-refractivity contribution in [2.24, 2.45) is 0 Å². The lowest BCUT2D eigenvalue weighted by molar-refractivity contribution is 0.104. The number of amides is 1. The SMILES string of the molecule is CCCCOC(=O)N(C)c1nc(C)c(C(=O)/C(C#N)=C/N(C)C)s1. The monoisotopic (exact) mass is 350 g/mol. The molecule has 0 aliphatic rings. The van der Waals surface area contributed by atoms with Crippen LogP contribution in [0.3, 0.4) is 0 Å². The summed E-state index contributed by atoms with van der Waals surface area (Å²) in [5.74, 6) is -0.403. The minimum absolute atomic E-state index is 0.0199. The van der Waals surface area contributed by atoms with E-state index in [0.717, 1.165) is 24.2 Å². The molecule has 0 aliphatic heterocycles. The molecule has 130 valence electrons. The lowest BCUT2D eigenvalue weighted by atomic mass is 10.1. The zero-order chi connectivity index (χ0) is 18.3. The highest BCUT2D eigenvalue weighted by molar-refractivity contribution is 7.18. The summed E-state index contributed by atoms with van der Waals surface area (Å²) in [5.41, 5.74) is 0.500. The first-order valence-electron chi connectivity index (χ1n) is 7.52. The molecule has 0 N–H and O–H groups in total. The maximum atomic E-state index is 12.5. The van der Waals surface area contributed by atoms with Crippen molar-refractivity contribution in [2.45, 2.75) is 26.7 Å². The molecule has 0 radical (unpaired) electrons. The molecule has 0 aromatic carbocycles. The number of aromatic nitrogens is 1. The van der Waals surface area contributed by atoms with Gasteiger partial charge in [-0.3, -0.25) is 9.69 Å². The second-order valence-corrected chi connectivity index (χ2v) is 6.36. The quantitative estimate of drug-likeness (QED) is 0.325. The van der Waals surface area contributed by atoms with Crippen molar-refractivity contribution in [1.82, 2.24) is 9.88 Å². The van der Waals surface area contributed by atoms with Gasteiger partial charge < -0.3 is 9.64 Å². The second-order valence-electron chi connectivity index (χ2n) is 5.39. The fourth-order valence-electron chi connectivity index (χ4n) is 1.73. The first-order chi connectivity index (χ1) is 11.3. The van der Waals surface area contributed by atoms with Crippen LogP contribution in [-0.4, -0.2) is 49.5 Å². The molecular formula is C16H22N4O3S. The van der Waals surface area contributed by atoms with Crippen molar-refractivity contribution < 1.29 is 14.3 Å². The molecule has 0 bridgehead atoms. The number of carbonyl (C=O) groups excluding carboxylic acids is 2. The number of aryl methyl sites for hydroxylation is 1. The van der Waals surface area contributed by atoms with E-state index < -0.39 is 11.9 Å². The third-order valence-corrected chi connectivity index (χ3v) is 4.26. The first kappa shape index (κ1) is 19.6. The third kappa shape index (κ3) is 5.06. The van der Waals surface area contributed by atoms with Gasteiger partial charge in [0.2, 0.25) is 5.78 Å². The van der Waals surface area contributed by atoms with E-state index in [1.165, 1.54) is 11.1 Å². The van der Waals surface area contributed by atoms with Gasteiger partial charge in [0.05, 0.1) is 12.3 Å². The number of carbonyl (C=O) groups is 2. The fraction of sp³-hybridized carbons (Fsp3) is 0.500. The highest BCUT2D eigenvalue weighted by Crippen LogP contribution is 2.27. The molecule has 0 saturated carbocycles. The van der Waals surface area contributed by atoms with Crippen LogP contribution in [0.5, 0.6) is 0 Å². The zero-order valence-electron chi connectivity index (χ0n) is 14.6. The van der Waals surface area contributed by atoms with Gasteiger partial charge in [0.25, 0.3) is 0 Å². The van der Waals surface area contributed by atoms with Crippen LogP contribution in [0.2, 0.25) is 0 Å². The number of thiazole rings is 1. The highest BCUT2D eigenvalue weighted by Gasteiger charge is 2.23. The lowest BCUT2D eigenvalue weighted by Crippen LogP contribution is -2.27. The van der Waals surface area contributed by atoms with Crippen LogP contribution in [0.4, 0.5) is 9.93 Å². The molecule has 0 fully saturated rings. The van der Waals surface area contributed by atoms with Crippen LogP contribution in [0, 0.1) is 18.3 Å². The number of hydrogen-bond donors (Lipinski definition) is 0. The molecule has 0 unspecified atom stereocenters. The average molecular weight is 350 g/mol. The number of rotatable bonds is 7. The van der Waals surface area contributed by atoms with E-state index in [9.17, 15) is 9.59 Å². The summed E-state index contributed by atoms with van der Waals surface area (Å²) in [5, 5.41) is 9.52. The van der Waals surface area contributed by atoms with Gasteiger partial charge in [0.15, 0.2) is 5.13 Å². The zero-order valence-corrected chi connectivity index (χ0v) is 15.4. The van der Waals surface area contributed by atoms with Gasteiger partial charge in [-0.25, -0.2) is 9.78 Å². The number of nitrogens with zero attached hydrogens (tertiary/aromatic N) is 4. The Balaban J connectivity index is 2.97. The van der Waals surface area contributed by atoms with E-state index in [1.54, 1.807) is 33.0 Å². The Morgan fingerprint density at radius 3 is 2.58 bits per heavy atom. The molecule has 8 heteroatoms. The lowest BCUT2D eigenvalue weighted by Gasteiger charge is -2.13. The van der Waals surface area contributed by atoms with E-state index in [1.807, 2.05) is 13.0 Å². The van der Waals surface area contributed by atoms with Crippen LogP contribution < -0.4 is 4.90 Å². The normalized spacial score (nSPS) is 10.9. The molecule has 24 heavy (non-hydrogen) atoms. The first-order valence-corrected chi connectivity index (χ1v) is 8.34. The number of anilines is 1. The number of ketones is 1. The standard InChI is InChI=1S/C16H22N4O3S/c1-6-7-8-23-16(22)20(5)15-18-11(2)14(24-15)13(21)12(9-17)10-19(3)4/h10H,6-8H2,1-5H3/b12-10+. The minimum Gasteiger partial charge on any atom is -0.449 e. The maximum absolute atomic E-state index is 12.5. The van der Waals surface area contributed by atoms with Crippen molar-refractivity contribution in [3.63, 3.8) is 0 Å². The van der Waals surface area contributed by atoms with Crippen LogP contribution in [-0.2, 0) is 4.74 Å². The molecule has 7 nitrogen and oxygen atoms in total. The maximum Gasteiger partial charge on any atom is 0.415 e. The molecule has 1 rings (SSSR count). The molecular weight excluding hydrogens is 328 g/mol. The summed E-state index contributed by atoms with van der Waals surface area (Å²) >= 11 is 1.07. The Labute approximate surface area is 146 Å². The number of Topliss-reactive ketones (excluding diaryl/α,β-unsaturated/α-hetero) is 1. The van der Waals surface area contributed by atoms with Crippen LogP contribution in [0.15, 0.2) is 11.8 Å². The Morgan fingerprint density at radius 2 is 2.04 bits per heavy atom. The Hall–Kier alpha value is -2.40. The Kier molecular flexibility index (Phi) is 7.39. The second kappa shape index (κ2) is 9.03. The smallest absolute Gasteiger partial charge is 0.415 e. The van der Waals surface area contributed by atoms with E-state index in [-0.39, 0.29) is 5.57 Å². The van der Waals surface area contributed by atoms with Crippen molar-refractivity contribution in [3.05, 3.63) is 22.3 Å². The number of ether oxygens (including phenoxy) is 1. The topological polar surface area (TPSA) is 86.5 Å². The van der Waals surface area contributed by atoms with Gasteiger partial charge in [-0.15, -0.1) is 0 Å². The minimum atomic E-state index is -0.513. The van der Waals surface area contributed by atoms with Gasteiger partial charge in [-0.05, 0) is 13.3 Å². The molecule has 1 amide bonds. The van der Waals surface area contributed by atoms with E-state index in [4.69, 9.17) is 10.00 Å². The van der Waals surface area contributed by atoms with Crippen molar-refractivity contribution in [2.75, 3.05) is 32.6 Å². The summed E-state index contributed by atoms with van der Waals surface area (Å²) < 4.78 is 5.13. The average Bonchev–Trinajstić information content (AvgIpc) is 2.92. The molecule has 1 aromatic heterocycles. The number of nitriles is 1. The van der Waals surface area contributed by atoms with E-state index >= 15 is 0 Å². The van der Waals surface area contributed by atoms with Crippen molar-refractivity contribution >= 4 is 28.3 Å². The van der Waals surface area contributed by atoms with E-state index in [2.05, 4.69) is 4.98 Å². The molecule has 0 saturated heterocycles. The van der Waals surface area contributed by atoms with Gasteiger partial charge in [-0.1, -0.05) is 24.7 Å². The summed E-state index contributed by atoms with van der Waals surface area (Å²) in [6.45, 7) is 4.03. The Morgan fingerprint density at radius 1 is 1.38 bits per heavy atom. The summed E-state index contributed by atoms with van der Waals surface area (Å²) in [6, 6.07) is 1.90. The van der Waals surface area contributed by atoms with Gasteiger partial charge >= 0.3 is 6.09 Å². The largest absolute Gasteiger partial charge is 0.449 e. The predicted molar refractivity (Wildman–Crippen MR) is 93.2 cm³/mol. The summed E-state index contributed by atoms with van der Waals surface area (Å²) in [6.07, 6.45) is 2.67. The van der Waals surface area contributed by atoms with Crippen LogP contribution >= 0.6 is 11.3 Å². The van der Waals surface area contributed by atoms with Crippen LogP contribution in [0.1, 0.15) is 35.1 Å².